The predicted octanol–water partition coefficient (Wildman–Crippen LogP) is 3.77. The van der Waals surface area contributed by atoms with Crippen LogP contribution in [-0.4, -0.2) is 18.2 Å². The summed E-state index contributed by atoms with van der Waals surface area (Å²) in [5, 5.41) is 10.4. The molecule has 122 valence electrons. The Hall–Kier alpha value is -2.13. The van der Waals surface area contributed by atoms with Crippen molar-refractivity contribution < 1.29 is 14.6 Å². The second-order valence-corrected chi connectivity index (χ2v) is 5.88. The van der Waals surface area contributed by atoms with Crippen molar-refractivity contribution >= 4 is 5.97 Å². The van der Waals surface area contributed by atoms with E-state index in [1.54, 1.807) is 0 Å². The van der Waals surface area contributed by atoms with Crippen molar-refractivity contribution in [3.05, 3.63) is 70.8 Å². The van der Waals surface area contributed by atoms with Crippen LogP contribution in [0.25, 0.3) is 0 Å². The van der Waals surface area contributed by atoms with E-state index in [1.165, 1.54) is 18.2 Å². The lowest BCUT2D eigenvalue weighted by molar-refractivity contribution is -0.140. The van der Waals surface area contributed by atoms with Gasteiger partial charge in [-0.2, -0.15) is 0 Å². The number of aliphatic hydroxyl groups excluding tert-OH is 1. The minimum atomic E-state index is -0.498. The summed E-state index contributed by atoms with van der Waals surface area (Å²) >= 11 is 0. The fraction of sp³-hybridized carbons (Fsp3) is 0.350. The number of benzene rings is 2. The first-order valence-electron chi connectivity index (χ1n) is 7.98. The van der Waals surface area contributed by atoms with Gasteiger partial charge in [0.2, 0.25) is 0 Å². The molecule has 3 heteroatoms. The quantitative estimate of drug-likeness (QED) is 0.792. The van der Waals surface area contributed by atoms with Crippen LogP contribution in [-0.2, 0) is 22.4 Å². The molecule has 0 aliphatic heterocycles. The van der Waals surface area contributed by atoms with E-state index in [9.17, 15) is 9.90 Å². The Morgan fingerprint density at radius 2 is 1.65 bits per heavy atom. The van der Waals surface area contributed by atoms with Gasteiger partial charge in [0.05, 0.1) is 13.2 Å². The molecule has 3 nitrogen and oxygen atoms in total. The van der Waals surface area contributed by atoms with Crippen LogP contribution in [0.4, 0.5) is 0 Å². The van der Waals surface area contributed by atoms with Crippen molar-refractivity contribution in [1.29, 1.82) is 0 Å². The van der Waals surface area contributed by atoms with Gasteiger partial charge < -0.3 is 9.84 Å². The van der Waals surface area contributed by atoms with Gasteiger partial charge in [-0.3, -0.25) is 4.79 Å². The van der Waals surface area contributed by atoms with Crippen molar-refractivity contribution in [2.75, 3.05) is 7.11 Å². The van der Waals surface area contributed by atoms with E-state index in [2.05, 4.69) is 35.9 Å². The zero-order valence-electron chi connectivity index (χ0n) is 13.8. The molecule has 0 saturated heterocycles. The summed E-state index contributed by atoms with van der Waals surface area (Å²) in [6.45, 7) is 2.05. The molecule has 0 heterocycles. The van der Waals surface area contributed by atoms with Gasteiger partial charge >= 0.3 is 5.97 Å². The van der Waals surface area contributed by atoms with Crippen LogP contribution in [0.3, 0.4) is 0 Å². The Morgan fingerprint density at radius 3 is 2.26 bits per heavy atom. The minimum absolute atomic E-state index is 0.171. The third kappa shape index (κ3) is 5.53. The molecule has 0 aromatic heterocycles. The number of hydrogen-bond acceptors (Lipinski definition) is 3. The second-order valence-electron chi connectivity index (χ2n) is 5.88. The van der Waals surface area contributed by atoms with Crippen molar-refractivity contribution in [2.24, 2.45) is 0 Å². The molecule has 0 radical (unpaired) electrons. The van der Waals surface area contributed by atoms with Crippen molar-refractivity contribution in [3.63, 3.8) is 0 Å². The van der Waals surface area contributed by atoms with Gasteiger partial charge in [-0.15, -0.1) is 0 Å². The highest BCUT2D eigenvalue weighted by Crippen LogP contribution is 2.20. The lowest BCUT2D eigenvalue weighted by Crippen LogP contribution is -2.03. The van der Waals surface area contributed by atoms with Gasteiger partial charge in [-0.05, 0) is 36.5 Å². The first-order chi connectivity index (χ1) is 11.1. The smallest absolute Gasteiger partial charge is 0.305 e. The van der Waals surface area contributed by atoms with Crippen LogP contribution in [0.5, 0.6) is 0 Å². The predicted molar refractivity (Wildman–Crippen MR) is 91.2 cm³/mol. The number of esters is 1. The van der Waals surface area contributed by atoms with Gasteiger partial charge in [0.15, 0.2) is 0 Å². The SMILES string of the molecule is COC(=O)CCCc1ccc(C(O)Cc2ccc(C)cc2)cc1. The van der Waals surface area contributed by atoms with Gasteiger partial charge in [0.25, 0.3) is 0 Å². The summed E-state index contributed by atoms with van der Waals surface area (Å²) in [5.41, 5.74) is 4.44. The molecule has 1 unspecified atom stereocenters. The van der Waals surface area contributed by atoms with E-state index in [1.807, 2.05) is 24.3 Å². The van der Waals surface area contributed by atoms with E-state index in [-0.39, 0.29) is 5.97 Å². The van der Waals surface area contributed by atoms with Crippen LogP contribution in [0.15, 0.2) is 48.5 Å². The van der Waals surface area contributed by atoms with E-state index in [0.717, 1.165) is 24.0 Å². The molecule has 2 aromatic rings. The van der Waals surface area contributed by atoms with Crippen LogP contribution < -0.4 is 0 Å². The summed E-state index contributed by atoms with van der Waals surface area (Å²) in [6, 6.07) is 16.2. The molecular weight excluding hydrogens is 288 g/mol. The van der Waals surface area contributed by atoms with Crippen molar-refractivity contribution in [2.45, 2.75) is 38.7 Å². The van der Waals surface area contributed by atoms with Crippen LogP contribution in [0.2, 0.25) is 0 Å². The fourth-order valence-electron chi connectivity index (χ4n) is 2.51. The summed E-state index contributed by atoms with van der Waals surface area (Å²) in [7, 11) is 1.41. The van der Waals surface area contributed by atoms with Gasteiger partial charge in [0, 0.05) is 12.8 Å². The topological polar surface area (TPSA) is 46.5 Å². The summed E-state index contributed by atoms with van der Waals surface area (Å²) in [6.07, 6.45) is 2.17. The van der Waals surface area contributed by atoms with Gasteiger partial charge in [0.1, 0.15) is 0 Å². The van der Waals surface area contributed by atoms with Gasteiger partial charge in [-0.25, -0.2) is 0 Å². The molecule has 0 spiro atoms. The van der Waals surface area contributed by atoms with E-state index in [4.69, 9.17) is 0 Å². The normalized spacial score (nSPS) is 12.0. The highest BCUT2D eigenvalue weighted by Gasteiger charge is 2.09. The number of ether oxygens (including phenoxy) is 1. The average Bonchev–Trinajstić information content (AvgIpc) is 2.57. The molecular formula is C20H24O3. The molecule has 0 aliphatic rings. The standard InChI is InChI=1S/C20H24O3/c1-15-6-8-17(9-7-15)14-19(21)18-12-10-16(11-13-18)4-3-5-20(22)23-2/h6-13,19,21H,3-5,14H2,1-2H3. The van der Waals surface area contributed by atoms with Crippen molar-refractivity contribution in [1.82, 2.24) is 0 Å². The average molecular weight is 312 g/mol. The lowest BCUT2D eigenvalue weighted by atomic mass is 9.98. The Morgan fingerprint density at radius 1 is 1.04 bits per heavy atom. The molecule has 0 amide bonds. The molecule has 2 aromatic carbocycles. The molecule has 23 heavy (non-hydrogen) atoms. The Labute approximate surface area is 137 Å². The van der Waals surface area contributed by atoms with E-state index >= 15 is 0 Å². The maximum atomic E-state index is 11.1. The third-order valence-corrected chi connectivity index (χ3v) is 3.99. The molecule has 0 aliphatic carbocycles. The molecule has 0 bridgehead atoms. The lowest BCUT2D eigenvalue weighted by Gasteiger charge is -2.12. The fourth-order valence-corrected chi connectivity index (χ4v) is 2.51. The highest BCUT2D eigenvalue weighted by molar-refractivity contribution is 5.69. The van der Waals surface area contributed by atoms with Gasteiger partial charge in [-0.1, -0.05) is 54.1 Å². The summed E-state index contributed by atoms with van der Waals surface area (Å²) < 4.78 is 4.63. The highest BCUT2D eigenvalue weighted by atomic mass is 16.5. The number of rotatable bonds is 7. The molecule has 1 atom stereocenters. The summed E-state index contributed by atoms with van der Waals surface area (Å²) in [5.74, 6) is -0.171. The van der Waals surface area contributed by atoms with Crippen molar-refractivity contribution in [3.8, 4) is 0 Å². The maximum absolute atomic E-state index is 11.1. The van der Waals surface area contributed by atoms with Crippen LogP contribution >= 0.6 is 0 Å². The van der Waals surface area contributed by atoms with Crippen LogP contribution in [0.1, 0.15) is 41.2 Å². The first-order valence-corrected chi connectivity index (χ1v) is 7.98. The minimum Gasteiger partial charge on any atom is -0.469 e. The maximum Gasteiger partial charge on any atom is 0.305 e. The number of carbonyl (C=O) groups is 1. The first kappa shape index (κ1) is 17.2. The Bertz CT molecular complexity index is 614. The number of aryl methyl sites for hydroxylation is 2. The molecule has 2 rings (SSSR count). The number of hydrogen-bond donors (Lipinski definition) is 1. The largest absolute Gasteiger partial charge is 0.469 e. The monoisotopic (exact) mass is 312 g/mol. The zero-order valence-corrected chi connectivity index (χ0v) is 13.8. The third-order valence-electron chi connectivity index (χ3n) is 3.99. The number of methoxy groups -OCH3 is 1. The summed E-state index contributed by atoms with van der Waals surface area (Å²) in [4.78, 5) is 11.1. The van der Waals surface area contributed by atoms with E-state index < -0.39 is 6.10 Å². The second kappa shape index (κ2) is 8.49. The number of aliphatic hydroxyl groups is 1. The Balaban J connectivity index is 1.88. The zero-order chi connectivity index (χ0) is 16.7. The molecule has 0 saturated carbocycles. The molecule has 0 fully saturated rings. The Kier molecular flexibility index (Phi) is 6.36. The van der Waals surface area contributed by atoms with E-state index in [0.29, 0.717) is 12.8 Å². The number of carbonyl (C=O) groups excluding carboxylic acids is 1. The van der Waals surface area contributed by atoms with Crippen LogP contribution in [0, 0.1) is 6.92 Å². The molecule has 1 N–H and O–H groups in total.